The van der Waals surface area contributed by atoms with Crippen molar-refractivity contribution in [1.82, 2.24) is 0 Å². The van der Waals surface area contributed by atoms with E-state index in [9.17, 15) is 9.90 Å². The van der Waals surface area contributed by atoms with E-state index in [2.05, 4.69) is 0 Å². The Hall–Kier alpha value is -0.930. The Morgan fingerprint density at radius 3 is 2.92 bits per heavy atom. The quantitative estimate of drug-likeness (QED) is 0.710. The summed E-state index contributed by atoms with van der Waals surface area (Å²) >= 11 is 1.53. The molecule has 3 heteroatoms. The minimum Gasteiger partial charge on any atom is -0.389 e. The van der Waals surface area contributed by atoms with Gasteiger partial charge in [-0.2, -0.15) is 0 Å². The molecule has 0 saturated carbocycles. The molecule has 0 amide bonds. The number of aliphatic hydroxyl groups excluding tert-OH is 1. The minimum absolute atomic E-state index is 0.0463. The van der Waals surface area contributed by atoms with E-state index in [0.29, 0.717) is 5.57 Å². The molecule has 0 radical (unpaired) electrons. The number of rotatable bonds is 1. The van der Waals surface area contributed by atoms with Crippen LogP contribution in [-0.4, -0.2) is 17.0 Å². The lowest BCUT2D eigenvalue weighted by Crippen LogP contribution is -2.00. The maximum absolute atomic E-state index is 11.3. The first kappa shape index (κ1) is 7.71. The molecular formula is C9H8O2S. The number of allylic oxidation sites excluding steroid dienone is 1. The highest BCUT2D eigenvalue weighted by Gasteiger charge is 2.23. The Bertz CT molecular complexity index is 324. The Labute approximate surface area is 74.2 Å². The number of hydrogen-bond donors (Lipinski definition) is 1. The third kappa shape index (κ3) is 1.21. The van der Waals surface area contributed by atoms with Crippen molar-refractivity contribution in [2.75, 3.05) is 0 Å². The van der Waals surface area contributed by atoms with Gasteiger partial charge in [0, 0.05) is 16.9 Å². The second kappa shape index (κ2) is 2.84. The van der Waals surface area contributed by atoms with Crippen molar-refractivity contribution >= 4 is 22.7 Å². The van der Waals surface area contributed by atoms with E-state index in [1.807, 2.05) is 17.5 Å². The van der Waals surface area contributed by atoms with Gasteiger partial charge in [0.05, 0.1) is 6.10 Å². The first-order chi connectivity index (χ1) is 5.77. The molecule has 2 nitrogen and oxygen atoms in total. The van der Waals surface area contributed by atoms with Crippen LogP contribution in [0.15, 0.2) is 23.6 Å². The SMILES string of the molecule is O=C1CC(O)C=C1c1cccs1. The van der Waals surface area contributed by atoms with E-state index in [1.165, 1.54) is 11.3 Å². The molecule has 0 bridgehead atoms. The molecule has 0 fully saturated rings. The number of carbonyl (C=O) groups excluding carboxylic acids is 1. The highest BCUT2D eigenvalue weighted by Crippen LogP contribution is 2.27. The Morgan fingerprint density at radius 1 is 1.58 bits per heavy atom. The zero-order valence-electron chi connectivity index (χ0n) is 6.36. The Kier molecular flexibility index (Phi) is 1.83. The second-order valence-electron chi connectivity index (χ2n) is 2.75. The van der Waals surface area contributed by atoms with Crippen LogP contribution in [-0.2, 0) is 4.79 Å². The third-order valence-corrected chi connectivity index (χ3v) is 2.74. The minimum atomic E-state index is -0.574. The molecule has 12 heavy (non-hydrogen) atoms. The summed E-state index contributed by atoms with van der Waals surface area (Å²) in [7, 11) is 0. The fourth-order valence-electron chi connectivity index (χ4n) is 1.30. The molecule has 62 valence electrons. The molecule has 1 atom stereocenters. The topological polar surface area (TPSA) is 37.3 Å². The van der Waals surface area contributed by atoms with Crippen molar-refractivity contribution in [3.63, 3.8) is 0 Å². The molecular weight excluding hydrogens is 172 g/mol. The van der Waals surface area contributed by atoms with Crippen LogP contribution in [0.5, 0.6) is 0 Å². The number of hydrogen-bond acceptors (Lipinski definition) is 3. The average Bonchev–Trinajstić information content (AvgIpc) is 2.58. The lowest BCUT2D eigenvalue weighted by Gasteiger charge is -1.92. The van der Waals surface area contributed by atoms with Crippen molar-refractivity contribution in [3.05, 3.63) is 28.5 Å². The summed E-state index contributed by atoms with van der Waals surface area (Å²) in [4.78, 5) is 12.2. The summed E-state index contributed by atoms with van der Waals surface area (Å²) in [6.07, 6.45) is 1.30. The molecule has 1 N–H and O–H groups in total. The van der Waals surface area contributed by atoms with Gasteiger partial charge in [0.15, 0.2) is 5.78 Å². The van der Waals surface area contributed by atoms with E-state index in [-0.39, 0.29) is 12.2 Å². The van der Waals surface area contributed by atoms with Gasteiger partial charge < -0.3 is 5.11 Å². The smallest absolute Gasteiger partial charge is 0.166 e. The zero-order chi connectivity index (χ0) is 8.55. The van der Waals surface area contributed by atoms with E-state index >= 15 is 0 Å². The van der Waals surface area contributed by atoms with Gasteiger partial charge in [0.25, 0.3) is 0 Å². The fraction of sp³-hybridized carbons (Fsp3) is 0.222. The van der Waals surface area contributed by atoms with Gasteiger partial charge in [-0.05, 0) is 17.5 Å². The van der Waals surface area contributed by atoms with E-state index in [0.717, 1.165) is 4.88 Å². The maximum Gasteiger partial charge on any atom is 0.166 e. The summed E-state index contributed by atoms with van der Waals surface area (Å²) in [5, 5.41) is 11.1. The molecule has 0 aliphatic heterocycles. The third-order valence-electron chi connectivity index (χ3n) is 1.84. The Morgan fingerprint density at radius 2 is 2.42 bits per heavy atom. The monoisotopic (exact) mass is 180 g/mol. The van der Waals surface area contributed by atoms with Crippen molar-refractivity contribution in [3.8, 4) is 0 Å². The Balaban J connectivity index is 2.36. The van der Waals surface area contributed by atoms with Crippen LogP contribution >= 0.6 is 11.3 Å². The predicted molar refractivity (Wildman–Crippen MR) is 47.9 cm³/mol. The van der Waals surface area contributed by atoms with Gasteiger partial charge >= 0.3 is 0 Å². The molecule has 2 rings (SSSR count). The molecule has 1 aromatic heterocycles. The lowest BCUT2D eigenvalue weighted by molar-refractivity contribution is -0.114. The van der Waals surface area contributed by atoms with Gasteiger partial charge in [-0.15, -0.1) is 11.3 Å². The molecule has 1 unspecified atom stereocenters. The molecule has 1 heterocycles. The van der Waals surface area contributed by atoms with Gasteiger partial charge in [0.2, 0.25) is 0 Å². The fourth-order valence-corrected chi connectivity index (χ4v) is 2.07. The van der Waals surface area contributed by atoms with Gasteiger partial charge in [-0.3, -0.25) is 4.79 Å². The summed E-state index contributed by atoms with van der Waals surface area (Å²) in [6, 6.07) is 3.80. The highest BCUT2D eigenvalue weighted by atomic mass is 32.1. The van der Waals surface area contributed by atoms with Crippen molar-refractivity contribution in [2.24, 2.45) is 0 Å². The van der Waals surface area contributed by atoms with E-state index < -0.39 is 6.10 Å². The summed E-state index contributed by atoms with van der Waals surface area (Å²) in [5.74, 6) is 0.0463. The normalized spacial score (nSPS) is 22.9. The number of aliphatic hydroxyl groups is 1. The average molecular weight is 180 g/mol. The molecule has 1 aliphatic carbocycles. The first-order valence-corrected chi connectivity index (χ1v) is 4.62. The summed E-state index contributed by atoms with van der Waals surface area (Å²) in [5.41, 5.74) is 0.678. The maximum atomic E-state index is 11.3. The van der Waals surface area contributed by atoms with Crippen LogP contribution in [0.2, 0.25) is 0 Å². The van der Waals surface area contributed by atoms with E-state index in [4.69, 9.17) is 0 Å². The van der Waals surface area contributed by atoms with Gasteiger partial charge in [-0.25, -0.2) is 0 Å². The molecule has 1 aliphatic rings. The molecule has 0 saturated heterocycles. The van der Waals surface area contributed by atoms with Crippen LogP contribution in [0, 0.1) is 0 Å². The van der Waals surface area contributed by atoms with Gasteiger partial charge in [0.1, 0.15) is 0 Å². The zero-order valence-corrected chi connectivity index (χ0v) is 7.17. The van der Waals surface area contributed by atoms with E-state index in [1.54, 1.807) is 6.08 Å². The van der Waals surface area contributed by atoms with Crippen molar-refractivity contribution in [2.45, 2.75) is 12.5 Å². The molecule has 0 aromatic carbocycles. The number of Topliss-reactive ketones (excluding diaryl/α,β-unsaturated/α-hetero) is 1. The van der Waals surface area contributed by atoms with Crippen LogP contribution in [0.3, 0.4) is 0 Å². The van der Waals surface area contributed by atoms with Crippen LogP contribution in [0.1, 0.15) is 11.3 Å². The molecule has 1 aromatic rings. The number of ketones is 1. The van der Waals surface area contributed by atoms with Crippen LogP contribution in [0.4, 0.5) is 0 Å². The van der Waals surface area contributed by atoms with Crippen LogP contribution < -0.4 is 0 Å². The number of thiophene rings is 1. The van der Waals surface area contributed by atoms with Crippen molar-refractivity contribution < 1.29 is 9.90 Å². The standard InChI is InChI=1S/C9H8O2S/c10-6-4-7(8(11)5-6)9-2-1-3-12-9/h1-4,6,10H,5H2. The van der Waals surface area contributed by atoms with Crippen molar-refractivity contribution in [1.29, 1.82) is 0 Å². The summed E-state index contributed by atoms with van der Waals surface area (Å²) in [6.45, 7) is 0. The summed E-state index contributed by atoms with van der Waals surface area (Å²) < 4.78 is 0. The second-order valence-corrected chi connectivity index (χ2v) is 3.70. The van der Waals surface area contributed by atoms with Gasteiger partial charge in [-0.1, -0.05) is 6.07 Å². The first-order valence-electron chi connectivity index (χ1n) is 3.74. The largest absolute Gasteiger partial charge is 0.389 e. The van der Waals surface area contributed by atoms with Crippen LogP contribution in [0.25, 0.3) is 5.57 Å². The number of carbonyl (C=O) groups is 1. The lowest BCUT2D eigenvalue weighted by atomic mass is 10.2. The molecule has 0 spiro atoms. The highest BCUT2D eigenvalue weighted by molar-refractivity contribution is 7.11. The predicted octanol–water partition coefficient (Wildman–Crippen LogP) is 1.47.